The van der Waals surface area contributed by atoms with Crippen molar-refractivity contribution in [3.8, 4) is 5.69 Å². The van der Waals surface area contributed by atoms with Crippen LogP contribution in [0.1, 0.15) is 63.4 Å². The third kappa shape index (κ3) is 5.22. The van der Waals surface area contributed by atoms with Gasteiger partial charge in [-0.05, 0) is 60.4 Å². The number of carbonyl (C=O) groups excluding carboxylic acids is 1. The highest BCUT2D eigenvalue weighted by Gasteiger charge is 2.31. The molecule has 5 nitrogen and oxygen atoms in total. The minimum Gasteiger partial charge on any atom is -0.332 e. The molecule has 0 bridgehead atoms. The molecule has 0 aliphatic heterocycles. The molecule has 0 fully saturated rings. The largest absolute Gasteiger partial charge is 0.332 e. The fourth-order valence-corrected chi connectivity index (χ4v) is 5.40. The maximum Gasteiger partial charge on any atom is 0.266 e. The normalized spacial score (nSPS) is 12.9. The van der Waals surface area contributed by atoms with Crippen LogP contribution in [0.4, 0.5) is 0 Å². The zero-order valence-corrected chi connectivity index (χ0v) is 22.9. The standard InChI is InChI=1S/C34H35N3O2/c1-4-6-22-36(33(38)29(5-2)26-15-8-7-9-16-26)24(3)32-35-31-19-13-12-18-30(31)34(39)37(32)28-21-20-25-14-10-11-17-27(25)23-28/h7-21,23-24,29H,4-6,22H2,1-3H3. The number of amides is 1. The van der Waals surface area contributed by atoms with Crippen molar-refractivity contribution in [1.29, 1.82) is 0 Å². The van der Waals surface area contributed by atoms with E-state index in [4.69, 9.17) is 4.98 Å². The van der Waals surface area contributed by atoms with Crippen LogP contribution in [0, 0.1) is 0 Å². The predicted octanol–water partition coefficient (Wildman–Crippen LogP) is 7.42. The molecule has 1 amide bonds. The molecule has 0 aliphatic rings. The van der Waals surface area contributed by atoms with Gasteiger partial charge >= 0.3 is 0 Å². The van der Waals surface area contributed by atoms with E-state index in [1.807, 2.05) is 103 Å². The van der Waals surface area contributed by atoms with E-state index in [2.05, 4.69) is 19.9 Å². The number of benzene rings is 4. The third-order valence-electron chi connectivity index (χ3n) is 7.58. The smallest absolute Gasteiger partial charge is 0.266 e. The minimum absolute atomic E-state index is 0.0668. The van der Waals surface area contributed by atoms with Crippen LogP contribution in [0.25, 0.3) is 27.4 Å². The number of hydrogen-bond acceptors (Lipinski definition) is 3. The van der Waals surface area contributed by atoms with Crippen LogP contribution in [0.5, 0.6) is 0 Å². The molecule has 0 N–H and O–H groups in total. The van der Waals surface area contributed by atoms with Crippen molar-refractivity contribution in [3.05, 3.63) is 119 Å². The van der Waals surface area contributed by atoms with Gasteiger partial charge in [-0.2, -0.15) is 0 Å². The van der Waals surface area contributed by atoms with Crippen LogP contribution in [0.2, 0.25) is 0 Å². The molecule has 5 heteroatoms. The number of para-hydroxylation sites is 1. The zero-order valence-electron chi connectivity index (χ0n) is 22.9. The molecule has 0 spiro atoms. The quantitative estimate of drug-likeness (QED) is 0.204. The van der Waals surface area contributed by atoms with Gasteiger partial charge in [0.2, 0.25) is 5.91 Å². The Morgan fingerprint density at radius 2 is 1.56 bits per heavy atom. The number of unbranched alkanes of at least 4 members (excludes halogenated alkanes) is 1. The van der Waals surface area contributed by atoms with Crippen molar-refractivity contribution in [3.63, 3.8) is 0 Å². The summed E-state index contributed by atoms with van der Waals surface area (Å²) in [6.07, 6.45) is 2.52. The molecule has 5 aromatic rings. The molecular formula is C34H35N3O2. The number of fused-ring (bicyclic) bond motifs is 2. The molecule has 0 saturated carbocycles. The predicted molar refractivity (Wildman–Crippen MR) is 159 cm³/mol. The molecule has 2 atom stereocenters. The molecule has 2 unspecified atom stereocenters. The maximum atomic E-state index is 14.2. The first-order valence-electron chi connectivity index (χ1n) is 13.9. The fraction of sp³-hybridized carbons (Fsp3) is 0.265. The lowest BCUT2D eigenvalue weighted by Crippen LogP contribution is -2.40. The highest BCUT2D eigenvalue weighted by molar-refractivity contribution is 5.86. The van der Waals surface area contributed by atoms with Gasteiger partial charge in [-0.25, -0.2) is 4.98 Å². The van der Waals surface area contributed by atoms with Gasteiger partial charge in [0.1, 0.15) is 5.82 Å². The van der Waals surface area contributed by atoms with E-state index >= 15 is 0 Å². The summed E-state index contributed by atoms with van der Waals surface area (Å²) in [5.41, 5.74) is 2.27. The van der Waals surface area contributed by atoms with E-state index in [0.29, 0.717) is 29.7 Å². The van der Waals surface area contributed by atoms with Crippen molar-refractivity contribution in [2.45, 2.75) is 52.0 Å². The summed E-state index contributed by atoms with van der Waals surface area (Å²) in [4.78, 5) is 35.2. The van der Waals surface area contributed by atoms with Gasteiger partial charge in [0.15, 0.2) is 0 Å². The van der Waals surface area contributed by atoms with Gasteiger partial charge in [0.05, 0.1) is 28.6 Å². The molecular weight excluding hydrogens is 482 g/mol. The van der Waals surface area contributed by atoms with Gasteiger partial charge in [-0.3, -0.25) is 14.2 Å². The summed E-state index contributed by atoms with van der Waals surface area (Å²) >= 11 is 0. The van der Waals surface area contributed by atoms with Crippen LogP contribution in [-0.4, -0.2) is 26.9 Å². The zero-order chi connectivity index (χ0) is 27.4. The Morgan fingerprint density at radius 3 is 2.31 bits per heavy atom. The Labute approximate surface area is 229 Å². The Morgan fingerprint density at radius 1 is 0.872 bits per heavy atom. The molecule has 0 saturated heterocycles. The van der Waals surface area contributed by atoms with Gasteiger partial charge in [-0.15, -0.1) is 0 Å². The molecule has 0 radical (unpaired) electrons. The number of rotatable bonds is 9. The lowest BCUT2D eigenvalue weighted by molar-refractivity contribution is -0.135. The number of nitrogens with zero attached hydrogens (tertiary/aromatic N) is 3. The topological polar surface area (TPSA) is 55.2 Å². The van der Waals surface area contributed by atoms with Crippen molar-refractivity contribution in [2.75, 3.05) is 6.54 Å². The summed E-state index contributed by atoms with van der Waals surface area (Å²) < 4.78 is 1.70. The highest BCUT2D eigenvalue weighted by atomic mass is 16.2. The lowest BCUT2D eigenvalue weighted by atomic mass is 9.94. The van der Waals surface area contributed by atoms with Crippen LogP contribution in [0.3, 0.4) is 0 Å². The molecule has 0 aliphatic carbocycles. The van der Waals surface area contributed by atoms with Gasteiger partial charge in [-0.1, -0.05) is 93.1 Å². The average molecular weight is 518 g/mol. The number of aromatic nitrogens is 2. The minimum atomic E-state index is -0.411. The third-order valence-corrected chi connectivity index (χ3v) is 7.58. The second-order valence-corrected chi connectivity index (χ2v) is 10.1. The van der Waals surface area contributed by atoms with Crippen LogP contribution in [-0.2, 0) is 4.79 Å². The molecule has 198 valence electrons. The van der Waals surface area contributed by atoms with Crippen molar-refractivity contribution >= 4 is 27.6 Å². The van der Waals surface area contributed by atoms with E-state index in [-0.39, 0.29) is 17.4 Å². The maximum absolute atomic E-state index is 14.2. The monoisotopic (exact) mass is 517 g/mol. The van der Waals surface area contributed by atoms with E-state index in [1.54, 1.807) is 4.57 Å². The van der Waals surface area contributed by atoms with Crippen LogP contribution >= 0.6 is 0 Å². The van der Waals surface area contributed by atoms with E-state index < -0.39 is 6.04 Å². The number of hydrogen-bond donors (Lipinski definition) is 0. The van der Waals surface area contributed by atoms with Gasteiger partial charge in [0.25, 0.3) is 5.56 Å². The summed E-state index contributed by atoms with van der Waals surface area (Å²) in [5.74, 6) is 0.380. The van der Waals surface area contributed by atoms with E-state index in [9.17, 15) is 9.59 Å². The molecule has 1 aromatic heterocycles. The fourth-order valence-electron chi connectivity index (χ4n) is 5.40. The van der Waals surface area contributed by atoms with Gasteiger partial charge in [0, 0.05) is 6.54 Å². The van der Waals surface area contributed by atoms with Crippen molar-refractivity contribution in [2.24, 2.45) is 0 Å². The first kappa shape index (κ1) is 26.4. The summed E-state index contributed by atoms with van der Waals surface area (Å²) in [7, 11) is 0. The molecule has 39 heavy (non-hydrogen) atoms. The Balaban J connectivity index is 1.68. The second kappa shape index (κ2) is 11.6. The summed E-state index contributed by atoms with van der Waals surface area (Å²) in [5, 5.41) is 2.71. The Kier molecular flexibility index (Phi) is 7.87. The second-order valence-electron chi connectivity index (χ2n) is 10.1. The number of carbonyl (C=O) groups is 1. The van der Waals surface area contributed by atoms with Gasteiger partial charge < -0.3 is 4.90 Å². The average Bonchev–Trinajstić information content (AvgIpc) is 2.98. The Bertz CT molecular complexity index is 1660. The molecule has 4 aromatic carbocycles. The first-order chi connectivity index (χ1) is 19.0. The SMILES string of the molecule is CCCCN(C(=O)C(CC)c1ccccc1)C(C)c1nc2ccccc2c(=O)n1-c1ccc2ccccc2c1. The Hall–Kier alpha value is -4.25. The summed E-state index contributed by atoms with van der Waals surface area (Å²) in [6.45, 7) is 6.78. The van der Waals surface area contributed by atoms with E-state index in [1.165, 1.54) is 0 Å². The molecule has 1 heterocycles. The lowest BCUT2D eigenvalue weighted by Gasteiger charge is -2.33. The van der Waals surface area contributed by atoms with Crippen LogP contribution < -0.4 is 5.56 Å². The summed E-state index contributed by atoms with van der Waals surface area (Å²) in [6, 6.07) is 31.1. The van der Waals surface area contributed by atoms with E-state index in [0.717, 1.165) is 34.9 Å². The highest BCUT2D eigenvalue weighted by Crippen LogP contribution is 2.30. The first-order valence-corrected chi connectivity index (χ1v) is 13.9. The van der Waals surface area contributed by atoms with Crippen molar-refractivity contribution in [1.82, 2.24) is 14.5 Å². The van der Waals surface area contributed by atoms with Crippen LogP contribution in [0.15, 0.2) is 102 Å². The van der Waals surface area contributed by atoms with Crippen molar-refractivity contribution < 1.29 is 4.79 Å². The molecule has 5 rings (SSSR count).